The molecule has 2 unspecified atom stereocenters. The van der Waals surface area contributed by atoms with Crippen LogP contribution in [0.1, 0.15) is 20.3 Å². The first-order valence-electron chi connectivity index (χ1n) is 5.54. The average Bonchev–Trinajstić information content (AvgIpc) is 2.28. The van der Waals surface area contributed by atoms with E-state index in [0.717, 1.165) is 17.9 Å². The molecule has 1 N–H and O–H groups in total. The first-order valence-corrected chi connectivity index (χ1v) is 7.24. The Morgan fingerprint density at radius 2 is 2.19 bits per heavy atom. The van der Waals surface area contributed by atoms with Gasteiger partial charge in [0.25, 0.3) is 0 Å². The summed E-state index contributed by atoms with van der Waals surface area (Å²) in [4.78, 5) is 0.809. The van der Waals surface area contributed by atoms with E-state index in [9.17, 15) is 4.21 Å². The van der Waals surface area contributed by atoms with Gasteiger partial charge in [0, 0.05) is 21.7 Å². The molecule has 1 rings (SSSR count). The molecule has 90 valence electrons. The molecule has 2 atom stereocenters. The standard InChI is InChI=1S/C12H18ClNOS/c1-3-11(14-4-2)9-16(15)12-7-5-6-10(13)8-12/h5-8,11,14H,3-4,9H2,1-2H3. The first kappa shape index (κ1) is 13.7. The molecule has 0 saturated carbocycles. The zero-order valence-electron chi connectivity index (χ0n) is 9.70. The van der Waals surface area contributed by atoms with Crippen molar-refractivity contribution in [2.24, 2.45) is 0 Å². The molecule has 4 heteroatoms. The highest BCUT2D eigenvalue weighted by molar-refractivity contribution is 7.85. The van der Waals surface area contributed by atoms with E-state index in [-0.39, 0.29) is 0 Å². The second-order valence-electron chi connectivity index (χ2n) is 3.63. The van der Waals surface area contributed by atoms with Gasteiger partial charge in [0.2, 0.25) is 0 Å². The van der Waals surface area contributed by atoms with Gasteiger partial charge < -0.3 is 5.32 Å². The van der Waals surface area contributed by atoms with E-state index in [1.807, 2.05) is 12.1 Å². The van der Waals surface area contributed by atoms with Crippen LogP contribution in [-0.2, 0) is 10.8 Å². The largest absolute Gasteiger partial charge is 0.313 e. The predicted octanol–water partition coefficient (Wildman–Crippen LogP) is 2.84. The smallest absolute Gasteiger partial charge is 0.0545 e. The third-order valence-electron chi connectivity index (χ3n) is 2.40. The molecule has 1 aromatic carbocycles. The Bertz CT molecular complexity index is 357. The lowest BCUT2D eigenvalue weighted by Gasteiger charge is -2.15. The molecule has 0 bridgehead atoms. The number of halogens is 1. The second kappa shape index (κ2) is 7.05. The third-order valence-corrected chi connectivity index (χ3v) is 4.12. The predicted molar refractivity (Wildman–Crippen MR) is 70.5 cm³/mol. The molecule has 2 nitrogen and oxygen atoms in total. The number of nitrogens with one attached hydrogen (secondary N) is 1. The summed E-state index contributed by atoms with van der Waals surface area (Å²) in [6, 6.07) is 7.58. The zero-order chi connectivity index (χ0) is 12.0. The summed E-state index contributed by atoms with van der Waals surface area (Å²) in [5.41, 5.74) is 0. The SMILES string of the molecule is CCNC(CC)CS(=O)c1cccc(Cl)c1. The van der Waals surface area contributed by atoms with Gasteiger partial charge in [-0.3, -0.25) is 4.21 Å². The maximum absolute atomic E-state index is 12.1. The second-order valence-corrected chi connectivity index (χ2v) is 5.56. The number of benzene rings is 1. The van der Waals surface area contributed by atoms with E-state index in [1.165, 1.54) is 0 Å². The van der Waals surface area contributed by atoms with Gasteiger partial charge in [-0.05, 0) is 31.2 Å². The molecule has 0 amide bonds. The van der Waals surface area contributed by atoms with E-state index in [2.05, 4.69) is 19.2 Å². The molecule has 0 fully saturated rings. The van der Waals surface area contributed by atoms with Gasteiger partial charge in [-0.15, -0.1) is 0 Å². The quantitative estimate of drug-likeness (QED) is 0.851. The number of hydrogen-bond donors (Lipinski definition) is 1. The summed E-state index contributed by atoms with van der Waals surface area (Å²) < 4.78 is 12.1. The van der Waals surface area contributed by atoms with Crippen molar-refractivity contribution >= 4 is 22.4 Å². The summed E-state index contributed by atoms with van der Waals surface area (Å²) >= 11 is 5.87. The molecular weight excluding hydrogens is 242 g/mol. The van der Waals surface area contributed by atoms with Gasteiger partial charge in [0.1, 0.15) is 0 Å². The summed E-state index contributed by atoms with van der Waals surface area (Å²) in [7, 11) is -0.972. The average molecular weight is 260 g/mol. The van der Waals surface area contributed by atoms with Crippen LogP contribution in [0.25, 0.3) is 0 Å². The molecule has 0 saturated heterocycles. The van der Waals surface area contributed by atoms with Crippen molar-refractivity contribution < 1.29 is 4.21 Å². The van der Waals surface area contributed by atoms with Crippen LogP contribution in [-0.4, -0.2) is 22.5 Å². The maximum Gasteiger partial charge on any atom is 0.0545 e. The van der Waals surface area contributed by atoms with Gasteiger partial charge in [0.15, 0.2) is 0 Å². The van der Waals surface area contributed by atoms with Crippen LogP contribution in [0.15, 0.2) is 29.2 Å². The molecular formula is C12H18ClNOS. The topological polar surface area (TPSA) is 29.1 Å². The lowest BCUT2D eigenvalue weighted by atomic mass is 10.2. The highest BCUT2D eigenvalue weighted by atomic mass is 35.5. The summed E-state index contributed by atoms with van der Waals surface area (Å²) in [6.07, 6.45) is 0.986. The Morgan fingerprint density at radius 3 is 2.75 bits per heavy atom. The highest BCUT2D eigenvalue weighted by Crippen LogP contribution is 2.15. The molecule has 0 aliphatic carbocycles. The van der Waals surface area contributed by atoms with Gasteiger partial charge in [-0.1, -0.05) is 31.5 Å². The lowest BCUT2D eigenvalue weighted by molar-refractivity contribution is 0.553. The highest BCUT2D eigenvalue weighted by Gasteiger charge is 2.11. The minimum Gasteiger partial charge on any atom is -0.313 e. The fraction of sp³-hybridized carbons (Fsp3) is 0.500. The van der Waals surface area contributed by atoms with Gasteiger partial charge in [-0.25, -0.2) is 0 Å². The fourth-order valence-electron chi connectivity index (χ4n) is 1.50. The molecule has 0 spiro atoms. The van der Waals surface area contributed by atoms with Crippen LogP contribution >= 0.6 is 11.6 Å². The number of rotatable bonds is 6. The van der Waals surface area contributed by atoms with E-state index in [4.69, 9.17) is 11.6 Å². The Morgan fingerprint density at radius 1 is 1.44 bits per heavy atom. The molecule has 0 aliphatic rings. The normalized spacial score (nSPS) is 14.7. The van der Waals surface area contributed by atoms with Crippen molar-refractivity contribution in [3.05, 3.63) is 29.3 Å². The zero-order valence-corrected chi connectivity index (χ0v) is 11.3. The van der Waals surface area contributed by atoms with Crippen molar-refractivity contribution in [1.82, 2.24) is 5.32 Å². The minimum atomic E-state index is -0.972. The van der Waals surface area contributed by atoms with Crippen LogP contribution in [0.5, 0.6) is 0 Å². The Balaban J connectivity index is 2.64. The molecule has 0 aliphatic heterocycles. The van der Waals surface area contributed by atoms with E-state index in [1.54, 1.807) is 12.1 Å². The monoisotopic (exact) mass is 259 g/mol. The van der Waals surface area contributed by atoms with Crippen LogP contribution in [0.4, 0.5) is 0 Å². The summed E-state index contributed by atoms with van der Waals surface area (Å²) in [5.74, 6) is 0.644. The van der Waals surface area contributed by atoms with Gasteiger partial charge in [-0.2, -0.15) is 0 Å². The van der Waals surface area contributed by atoms with E-state index in [0.29, 0.717) is 16.8 Å². The third kappa shape index (κ3) is 4.24. The van der Waals surface area contributed by atoms with Crippen LogP contribution in [0.2, 0.25) is 5.02 Å². The summed E-state index contributed by atoms with van der Waals surface area (Å²) in [6.45, 7) is 5.07. The molecule has 16 heavy (non-hydrogen) atoms. The Kier molecular flexibility index (Phi) is 6.03. The van der Waals surface area contributed by atoms with Crippen molar-refractivity contribution in [3.8, 4) is 0 Å². The first-order chi connectivity index (χ1) is 7.67. The van der Waals surface area contributed by atoms with Gasteiger partial charge in [0.05, 0.1) is 10.8 Å². The van der Waals surface area contributed by atoms with Crippen molar-refractivity contribution in [2.75, 3.05) is 12.3 Å². The molecule has 0 aromatic heterocycles. The van der Waals surface area contributed by atoms with Crippen molar-refractivity contribution in [3.63, 3.8) is 0 Å². The van der Waals surface area contributed by atoms with Crippen molar-refractivity contribution in [2.45, 2.75) is 31.2 Å². The minimum absolute atomic E-state index is 0.310. The Hall–Kier alpha value is -0.380. The van der Waals surface area contributed by atoms with E-state index >= 15 is 0 Å². The maximum atomic E-state index is 12.1. The van der Waals surface area contributed by atoms with Crippen LogP contribution < -0.4 is 5.32 Å². The van der Waals surface area contributed by atoms with Crippen LogP contribution in [0, 0.1) is 0 Å². The number of hydrogen-bond acceptors (Lipinski definition) is 2. The molecule has 0 radical (unpaired) electrons. The van der Waals surface area contributed by atoms with E-state index < -0.39 is 10.8 Å². The molecule has 1 aromatic rings. The van der Waals surface area contributed by atoms with Gasteiger partial charge >= 0.3 is 0 Å². The molecule has 0 heterocycles. The fourth-order valence-corrected chi connectivity index (χ4v) is 3.15. The lowest BCUT2D eigenvalue weighted by Crippen LogP contribution is -2.33. The Labute approximate surface area is 105 Å². The summed E-state index contributed by atoms with van der Waals surface area (Å²) in [5, 5.41) is 3.96. The van der Waals surface area contributed by atoms with Crippen molar-refractivity contribution in [1.29, 1.82) is 0 Å². The van der Waals surface area contributed by atoms with Crippen LogP contribution in [0.3, 0.4) is 0 Å².